The summed E-state index contributed by atoms with van der Waals surface area (Å²) in [6, 6.07) is 8.23. The first-order valence-corrected chi connectivity index (χ1v) is 11.8. The standard InChI is InChI=1S/C15H23N3O2.C10H15N3.ClH/c1-15(2,3)20-14(19)18-10-8-17(9-11-18)12-13-4-6-16-7-5-13;1-3-11-4-2-10(1)9-13-7-5-12-6-8-13;/h4-7H,8-12H2,1-3H3;1-4,12H,5-9H2;1H. The molecule has 2 aliphatic heterocycles. The van der Waals surface area contributed by atoms with Crippen LogP contribution in [0.5, 0.6) is 0 Å². The van der Waals surface area contributed by atoms with Crippen LogP contribution >= 0.6 is 12.4 Å². The first-order valence-electron chi connectivity index (χ1n) is 11.8. The lowest BCUT2D eigenvalue weighted by molar-refractivity contribution is 0.0139. The number of ether oxygens (including phenoxy) is 1. The Labute approximate surface area is 210 Å². The van der Waals surface area contributed by atoms with Crippen LogP contribution in [0.15, 0.2) is 49.1 Å². The fourth-order valence-electron chi connectivity index (χ4n) is 3.78. The minimum Gasteiger partial charge on any atom is -0.444 e. The lowest BCUT2D eigenvalue weighted by Gasteiger charge is -2.35. The summed E-state index contributed by atoms with van der Waals surface area (Å²) in [7, 11) is 0. The number of nitrogens with one attached hydrogen (secondary N) is 1. The fourth-order valence-corrected chi connectivity index (χ4v) is 3.78. The zero-order valence-corrected chi connectivity index (χ0v) is 21.5. The minimum absolute atomic E-state index is 0. The molecule has 1 amide bonds. The lowest BCUT2D eigenvalue weighted by atomic mass is 10.2. The Bertz CT molecular complexity index is 820. The highest BCUT2D eigenvalue weighted by atomic mass is 35.5. The zero-order chi connectivity index (χ0) is 23.5. The van der Waals surface area contributed by atoms with E-state index < -0.39 is 5.60 Å². The number of hydrogen-bond donors (Lipinski definition) is 1. The molecule has 0 atom stereocenters. The molecule has 2 aromatic heterocycles. The second kappa shape index (κ2) is 14.2. The van der Waals surface area contributed by atoms with E-state index in [9.17, 15) is 4.79 Å². The molecule has 1 N–H and O–H groups in total. The van der Waals surface area contributed by atoms with Gasteiger partial charge in [0.05, 0.1) is 0 Å². The van der Waals surface area contributed by atoms with Crippen LogP contribution in [0.1, 0.15) is 31.9 Å². The zero-order valence-electron chi connectivity index (χ0n) is 20.7. The third kappa shape index (κ3) is 10.3. The van der Waals surface area contributed by atoms with Gasteiger partial charge in [-0.1, -0.05) is 0 Å². The van der Waals surface area contributed by atoms with Crippen molar-refractivity contribution in [1.82, 2.24) is 30.0 Å². The molecule has 2 saturated heterocycles. The number of rotatable bonds is 4. The summed E-state index contributed by atoms with van der Waals surface area (Å²) in [4.78, 5) is 26.6. The minimum atomic E-state index is -0.425. The summed E-state index contributed by atoms with van der Waals surface area (Å²) >= 11 is 0. The van der Waals surface area contributed by atoms with Crippen molar-refractivity contribution in [3.05, 3.63) is 60.2 Å². The normalized spacial score (nSPS) is 17.2. The summed E-state index contributed by atoms with van der Waals surface area (Å²) in [6.45, 7) is 15.4. The molecule has 4 heterocycles. The van der Waals surface area contributed by atoms with Crippen LogP contribution in [-0.4, -0.2) is 88.7 Å². The summed E-state index contributed by atoms with van der Waals surface area (Å²) < 4.78 is 5.39. The van der Waals surface area contributed by atoms with Gasteiger partial charge in [0.1, 0.15) is 5.60 Å². The molecule has 0 saturated carbocycles. The van der Waals surface area contributed by atoms with Crippen LogP contribution in [-0.2, 0) is 17.8 Å². The van der Waals surface area contributed by atoms with E-state index in [2.05, 4.69) is 37.2 Å². The van der Waals surface area contributed by atoms with Gasteiger partial charge >= 0.3 is 6.09 Å². The Morgan fingerprint density at radius 1 is 0.824 bits per heavy atom. The van der Waals surface area contributed by atoms with Gasteiger partial charge in [-0.2, -0.15) is 0 Å². The van der Waals surface area contributed by atoms with Crippen LogP contribution in [0.25, 0.3) is 0 Å². The van der Waals surface area contributed by atoms with Crippen molar-refractivity contribution in [2.75, 3.05) is 52.4 Å². The smallest absolute Gasteiger partial charge is 0.410 e. The number of amides is 1. The molecular weight excluding hydrogens is 452 g/mol. The maximum atomic E-state index is 12.0. The molecule has 8 nitrogen and oxygen atoms in total. The topological polar surface area (TPSA) is 73.8 Å². The quantitative estimate of drug-likeness (QED) is 0.706. The largest absolute Gasteiger partial charge is 0.444 e. The van der Waals surface area contributed by atoms with Crippen LogP contribution < -0.4 is 5.32 Å². The molecule has 2 aromatic rings. The highest BCUT2D eigenvalue weighted by Crippen LogP contribution is 2.13. The van der Waals surface area contributed by atoms with Gasteiger partial charge in [0.15, 0.2) is 0 Å². The van der Waals surface area contributed by atoms with Crippen molar-refractivity contribution < 1.29 is 9.53 Å². The average Bonchev–Trinajstić information content (AvgIpc) is 2.81. The number of halogens is 1. The third-order valence-electron chi connectivity index (χ3n) is 5.54. The van der Waals surface area contributed by atoms with E-state index in [4.69, 9.17) is 4.74 Å². The second-order valence-electron chi connectivity index (χ2n) is 9.48. The molecule has 0 bridgehead atoms. The van der Waals surface area contributed by atoms with Crippen molar-refractivity contribution in [2.45, 2.75) is 39.5 Å². The van der Waals surface area contributed by atoms with E-state index in [1.165, 1.54) is 11.1 Å². The fraction of sp³-hybridized carbons (Fsp3) is 0.560. The maximum Gasteiger partial charge on any atom is 0.410 e. The summed E-state index contributed by atoms with van der Waals surface area (Å²) in [6.07, 6.45) is 7.13. The van der Waals surface area contributed by atoms with Gasteiger partial charge in [0.2, 0.25) is 0 Å². The molecule has 2 aliphatic rings. The Balaban J connectivity index is 0.000000253. The van der Waals surface area contributed by atoms with Gasteiger partial charge in [0.25, 0.3) is 0 Å². The van der Waals surface area contributed by atoms with Gasteiger partial charge < -0.3 is 15.0 Å². The average molecular weight is 491 g/mol. The molecule has 2 fully saturated rings. The molecule has 9 heteroatoms. The maximum absolute atomic E-state index is 12.0. The van der Waals surface area contributed by atoms with Crippen molar-refractivity contribution in [3.8, 4) is 0 Å². The first-order chi connectivity index (χ1) is 15.9. The first kappa shape index (κ1) is 28.0. The predicted molar refractivity (Wildman–Crippen MR) is 137 cm³/mol. The molecule has 0 unspecified atom stereocenters. The number of piperazine rings is 2. The van der Waals surface area contributed by atoms with E-state index >= 15 is 0 Å². The van der Waals surface area contributed by atoms with Crippen molar-refractivity contribution in [1.29, 1.82) is 0 Å². The number of pyridine rings is 2. The molecule has 0 aromatic carbocycles. The Morgan fingerprint density at radius 2 is 1.26 bits per heavy atom. The molecule has 188 valence electrons. The lowest BCUT2D eigenvalue weighted by Crippen LogP contribution is -2.49. The number of aromatic nitrogens is 2. The summed E-state index contributed by atoms with van der Waals surface area (Å²) in [5.74, 6) is 0. The van der Waals surface area contributed by atoms with Gasteiger partial charge in [-0.25, -0.2) is 4.79 Å². The van der Waals surface area contributed by atoms with Crippen LogP contribution in [0, 0.1) is 0 Å². The number of carbonyl (C=O) groups excluding carboxylic acids is 1. The van der Waals surface area contributed by atoms with Crippen LogP contribution in [0.2, 0.25) is 0 Å². The molecule has 4 rings (SSSR count). The van der Waals surface area contributed by atoms with Crippen LogP contribution in [0.4, 0.5) is 4.79 Å². The Morgan fingerprint density at radius 3 is 1.71 bits per heavy atom. The van der Waals surface area contributed by atoms with E-state index in [-0.39, 0.29) is 18.5 Å². The molecular formula is C25H39ClN6O2. The second-order valence-corrected chi connectivity index (χ2v) is 9.48. The van der Waals surface area contributed by atoms with Gasteiger partial charge in [-0.3, -0.25) is 19.8 Å². The number of carbonyl (C=O) groups is 1. The van der Waals surface area contributed by atoms with Crippen molar-refractivity contribution in [3.63, 3.8) is 0 Å². The molecule has 34 heavy (non-hydrogen) atoms. The SMILES string of the molecule is CC(C)(C)OC(=O)N1CCN(Cc2ccncc2)CC1.Cl.c1cc(CN2CCNCC2)ccn1. The Hall–Kier alpha value is -2.26. The van der Waals surface area contributed by atoms with Crippen molar-refractivity contribution >= 4 is 18.5 Å². The van der Waals surface area contributed by atoms with Gasteiger partial charge in [-0.15, -0.1) is 12.4 Å². The van der Waals surface area contributed by atoms with E-state index in [0.29, 0.717) is 0 Å². The number of nitrogens with zero attached hydrogens (tertiary/aromatic N) is 5. The Kier molecular flexibility index (Phi) is 11.7. The molecule has 0 aliphatic carbocycles. The van der Waals surface area contributed by atoms with Gasteiger partial charge in [0, 0.05) is 90.2 Å². The summed E-state index contributed by atoms with van der Waals surface area (Å²) in [5, 5.41) is 3.35. The van der Waals surface area contributed by atoms with Gasteiger partial charge in [-0.05, 0) is 56.2 Å². The van der Waals surface area contributed by atoms with E-state index in [1.54, 1.807) is 4.90 Å². The highest BCUT2D eigenvalue weighted by molar-refractivity contribution is 5.85. The van der Waals surface area contributed by atoms with E-state index in [1.807, 2.05) is 57.7 Å². The third-order valence-corrected chi connectivity index (χ3v) is 5.54. The number of hydrogen-bond acceptors (Lipinski definition) is 7. The van der Waals surface area contributed by atoms with Crippen LogP contribution in [0.3, 0.4) is 0 Å². The monoisotopic (exact) mass is 490 g/mol. The molecule has 0 radical (unpaired) electrons. The van der Waals surface area contributed by atoms with E-state index in [0.717, 1.165) is 65.4 Å². The molecule has 0 spiro atoms. The van der Waals surface area contributed by atoms with Crippen molar-refractivity contribution in [2.24, 2.45) is 0 Å². The summed E-state index contributed by atoms with van der Waals surface area (Å²) in [5.41, 5.74) is 2.19. The highest BCUT2D eigenvalue weighted by Gasteiger charge is 2.25. The predicted octanol–water partition coefficient (Wildman–Crippen LogP) is 3.04.